The molecule has 0 aromatic heterocycles. The van der Waals surface area contributed by atoms with Crippen molar-refractivity contribution in [3.63, 3.8) is 0 Å². The number of ether oxygens (including phenoxy) is 1. The Kier molecular flexibility index (Phi) is 10.2. The van der Waals surface area contributed by atoms with Gasteiger partial charge in [-0.2, -0.15) is 0 Å². The molecule has 0 aliphatic heterocycles. The average molecular weight is 226 g/mol. The van der Waals surface area contributed by atoms with Gasteiger partial charge in [-0.15, -0.1) is 11.6 Å². The van der Waals surface area contributed by atoms with Gasteiger partial charge >= 0.3 is 5.97 Å². The first kappa shape index (κ1) is 13.1. The number of esters is 1. The fourth-order valence-electron chi connectivity index (χ4n) is 0.705. The van der Waals surface area contributed by atoms with Gasteiger partial charge in [0.1, 0.15) is 0 Å². The van der Waals surface area contributed by atoms with Crippen molar-refractivity contribution in [1.29, 1.82) is 0 Å². The highest BCUT2D eigenvalue weighted by molar-refractivity contribution is 7.97. The molecular weight excluding hydrogens is 210 g/mol. The molecule has 3 nitrogen and oxygen atoms in total. The smallest absolute Gasteiger partial charge is 0.305 e. The van der Waals surface area contributed by atoms with Crippen LogP contribution in [0.1, 0.15) is 19.8 Å². The third-order valence-corrected chi connectivity index (χ3v) is 2.32. The van der Waals surface area contributed by atoms with E-state index >= 15 is 0 Å². The lowest BCUT2D eigenvalue weighted by Crippen LogP contribution is -2.09. The molecule has 0 rings (SSSR count). The molecule has 0 spiro atoms. The molecule has 0 unspecified atom stereocenters. The number of alkyl halides is 1. The molecule has 0 amide bonds. The quantitative estimate of drug-likeness (QED) is 0.296. The van der Waals surface area contributed by atoms with E-state index in [9.17, 15) is 4.79 Å². The summed E-state index contributed by atoms with van der Waals surface area (Å²) in [5.74, 6) is 1.42. The van der Waals surface area contributed by atoms with Gasteiger partial charge in [-0.3, -0.25) is 9.52 Å². The van der Waals surface area contributed by atoms with E-state index < -0.39 is 0 Å². The Morgan fingerprint density at radius 1 is 1.62 bits per heavy atom. The molecule has 0 saturated heterocycles. The van der Waals surface area contributed by atoms with Gasteiger partial charge in [-0.1, -0.05) is 11.9 Å². The molecule has 0 aromatic rings. The van der Waals surface area contributed by atoms with Crippen molar-refractivity contribution < 1.29 is 9.53 Å². The van der Waals surface area contributed by atoms with Crippen LogP contribution in [0.25, 0.3) is 0 Å². The summed E-state index contributed by atoms with van der Waals surface area (Å²) in [5, 5.41) is 0. The summed E-state index contributed by atoms with van der Waals surface area (Å²) in [5.41, 5.74) is 0. The van der Waals surface area contributed by atoms with Crippen LogP contribution in [-0.4, -0.2) is 30.8 Å². The SMILES string of the molecule is CCOC(=O)CCCSNCCCl. The molecule has 13 heavy (non-hydrogen) atoms. The maximum Gasteiger partial charge on any atom is 0.305 e. The Hall–Kier alpha value is 0.0700. The first-order valence-electron chi connectivity index (χ1n) is 4.37. The molecule has 0 aliphatic rings. The van der Waals surface area contributed by atoms with Crippen molar-refractivity contribution in [3.05, 3.63) is 0 Å². The van der Waals surface area contributed by atoms with E-state index in [0.717, 1.165) is 18.7 Å². The minimum atomic E-state index is -0.111. The minimum absolute atomic E-state index is 0.111. The number of carbonyl (C=O) groups is 1. The van der Waals surface area contributed by atoms with Crippen molar-refractivity contribution in [3.8, 4) is 0 Å². The summed E-state index contributed by atoms with van der Waals surface area (Å²) in [4.78, 5) is 10.9. The van der Waals surface area contributed by atoms with Gasteiger partial charge in [0, 0.05) is 24.6 Å². The number of hydrogen-bond acceptors (Lipinski definition) is 4. The zero-order valence-corrected chi connectivity index (χ0v) is 9.42. The lowest BCUT2D eigenvalue weighted by Gasteiger charge is -2.02. The lowest BCUT2D eigenvalue weighted by molar-refractivity contribution is -0.143. The van der Waals surface area contributed by atoms with E-state index in [1.807, 2.05) is 6.92 Å². The van der Waals surface area contributed by atoms with Gasteiger partial charge in [0.25, 0.3) is 0 Å². The number of halogens is 1. The minimum Gasteiger partial charge on any atom is -0.466 e. The van der Waals surface area contributed by atoms with Crippen LogP contribution in [0.4, 0.5) is 0 Å². The van der Waals surface area contributed by atoms with Crippen molar-refractivity contribution in [1.82, 2.24) is 4.72 Å². The monoisotopic (exact) mass is 225 g/mol. The molecule has 0 bridgehead atoms. The zero-order valence-electron chi connectivity index (χ0n) is 7.85. The Labute approximate surface area is 88.7 Å². The van der Waals surface area contributed by atoms with Gasteiger partial charge < -0.3 is 4.74 Å². The van der Waals surface area contributed by atoms with Crippen LogP contribution in [-0.2, 0) is 9.53 Å². The van der Waals surface area contributed by atoms with Gasteiger partial charge in [0.2, 0.25) is 0 Å². The predicted molar refractivity (Wildman–Crippen MR) is 57.0 cm³/mol. The van der Waals surface area contributed by atoms with Crippen molar-refractivity contribution in [2.24, 2.45) is 0 Å². The summed E-state index contributed by atoms with van der Waals surface area (Å²) in [6.45, 7) is 3.08. The highest BCUT2D eigenvalue weighted by atomic mass is 35.5. The summed E-state index contributed by atoms with van der Waals surface area (Å²) in [6, 6.07) is 0. The topological polar surface area (TPSA) is 38.3 Å². The van der Waals surface area contributed by atoms with E-state index in [2.05, 4.69) is 4.72 Å². The van der Waals surface area contributed by atoms with Crippen LogP contribution in [0, 0.1) is 0 Å². The fourth-order valence-corrected chi connectivity index (χ4v) is 1.59. The highest BCUT2D eigenvalue weighted by Crippen LogP contribution is 2.00. The Morgan fingerprint density at radius 3 is 3.00 bits per heavy atom. The van der Waals surface area contributed by atoms with Gasteiger partial charge in [0.05, 0.1) is 6.61 Å². The molecular formula is C8H16ClNO2S. The summed E-state index contributed by atoms with van der Waals surface area (Å²) in [6.07, 6.45) is 1.35. The largest absolute Gasteiger partial charge is 0.466 e. The van der Waals surface area contributed by atoms with Crippen LogP contribution in [0.3, 0.4) is 0 Å². The van der Waals surface area contributed by atoms with E-state index in [1.165, 1.54) is 0 Å². The Bertz CT molecular complexity index is 135. The molecule has 0 aliphatic carbocycles. The molecule has 5 heteroatoms. The summed E-state index contributed by atoms with van der Waals surface area (Å²) >= 11 is 7.05. The van der Waals surface area contributed by atoms with Crippen LogP contribution in [0.2, 0.25) is 0 Å². The van der Waals surface area contributed by atoms with E-state index in [0.29, 0.717) is 18.9 Å². The standard InChI is InChI=1S/C8H16ClNO2S/c1-2-12-8(11)4-3-7-13-10-6-5-9/h10H,2-7H2,1H3. The molecule has 1 N–H and O–H groups in total. The Morgan fingerprint density at radius 2 is 2.38 bits per heavy atom. The molecule has 0 fully saturated rings. The second-order valence-corrected chi connectivity index (χ2v) is 3.70. The first-order valence-corrected chi connectivity index (χ1v) is 5.89. The van der Waals surface area contributed by atoms with Crippen LogP contribution in [0.5, 0.6) is 0 Å². The average Bonchev–Trinajstić information content (AvgIpc) is 2.11. The number of rotatable bonds is 8. The van der Waals surface area contributed by atoms with Crippen molar-refractivity contribution in [2.45, 2.75) is 19.8 Å². The maximum absolute atomic E-state index is 10.9. The first-order chi connectivity index (χ1) is 6.31. The second kappa shape index (κ2) is 10.2. The molecule has 78 valence electrons. The highest BCUT2D eigenvalue weighted by Gasteiger charge is 1.99. The molecule has 0 radical (unpaired) electrons. The molecule has 0 aromatic carbocycles. The Balaban J connectivity index is 3.02. The summed E-state index contributed by atoms with van der Waals surface area (Å²) in [7, 11) is 0. The second-order valence-electron chi connectivity index (χ2n) is 2.34. The number of hydrogen-bond donors (Lipinski definition) is 1. The van der Waals surface area contributed by atoms with Crippen LogP contribution >= 0.6 is 23.5 Å². The van der Waals surface area contributed by atoms with E-state index in [-0.39, 0.29) is 5.97 Å². The zero-order chi connectivity index (χ0) is 9.94. The van der Waals surface area contributed by atoms with Crippen LogP contribution < -0.4 is 4.72 Å². The van der Waals surface area contributed by atoms with Gasteiger partial charge in [-0.05, 0) is 13.3 Å². The third kappa shape index (κ3) is 9.99. The van der Waals surface area contributed by atoms with Crippen LogP contribution in [0.15, 0.2) is 0 Å². The maximum atomic E-state index is 10.9. The number of nitrogens with one attached hydrogen (secondary N) is 1. The molecule has 0 saturated carbocycles. The van der Waals surface area contributed by atoms with Gasteiger partial charge in [-0.25, -0.2) is 0 Å². The lowest BCUT2D eigenvalue weighted by atomic mass is 10.3. The third-order valence-electron chi connectivity index (χ3n) is 1.23. The van der Waals surface area contributed by atoms with E-state index in [1.54, 1.807) is 11.9 Å². The van der Waals surface area contributed by atoms with Crippen molar-refractivity contribution in [2.75, 3.05) is 24.8 Å². The van der Waals surface area contributed by atoms with E-state index in [4.69, 9.17) is 16.3 Å². The van der Waals surface area contributed by atoms with Gasteiger partial charge in [0.15, 0.2) is 0 Å². The van der Waals surface area contributed by atoms with Crippen molar-refractivity contribution >= 4 is 29.5 Å². The normalized spacial score (nSPS) is 10.0. The number of carbonyl (C=O) groups excluding carboxylic acids is 1. The summed E-state index contributed by atoms with van der Waals surface area (Å²) < 4.78 is 7.85. The predicted octanol–water partition coefficient (Wildman–Crippen LogP) is 1.81. The molecule has 0 atom stereocenters. The fraction of sp³-hybridized carbons (Fsp3) is 0.875. The molecule has 0 heterocycles.